The van der Waals surface area contributed by atoms with Crippen LogP contribution in [0, 0.1) is 6.92 Å². The summed E-state index contributed by atoms with van der Waals surface area (Å²) in [7, 11) is 0. The summed E-state index contributed by atoms with van der Waals surface area (Å²) in [6, 6.07) is 7.71. The molecule has 0 aliphatic carbocycles. The molecule has 0 saturated carbocycles. The van der Waals surface area contributed by atoms with Gasteiger partial charge in [-0.2, -0.15) is 0 Å². The first-order chi connectivity index (χ1) is 11.2. The summed E-state index contributed by atoms with van der Waals surface area (Å²) in [5.74, 6) is 1.83. The van der Waals surface area contributed by atoms with Crippen LogP contribution in [0.4, 0.5) is 0 Å². The third-order valence-electron chi connectivity index (χ3n) is 4.21. The van der Waals surface area contributed by atoms with E-state index in [9.17, 15) is 4.79 Å². The predicted molar refractivity (Wildman–Crippen MR) is 82.5 cm³/mol. The van der Waals surface area contributed by atoms with Crippen LogP contribution >= 0.6 is 0 Å². The molecule has 1 aliphatic rings. The van der Waals surface area contributed by atoms with Crippen LogP contribution in [0.5, 0.6) is 0 Å². The molecule has 118 valence electrons. The quantitative estimate of drug-likeness (QED) is 0.759. The van der Waals surface area contributed by atoms with E-state index in [0.29, 0.717) is 0 Å². The first-order valence-corrected chi connectivity index (χ1v) is 7.67. The van der Waals surface area contributed by atoms with E-state index in [1.807, 2.05) is 31.2 Å². The Kier molecular flexibility index (Phi) is 3.29. The third kappa shape index (κ3) is 2.56. The minimum Gasteiger partial charge on any atom is -0.350 e. The molecule has 0 fully saturated rings. The zero-order valence-electron chi connectivity index (χ0n) is 12.8. The van der Waals surface area contributed by atoms with Gasteiger partial charge in [0.2, 0.25) is 5.91 Å². The van der Waals surface area contributed by atoms with Crippen LogP contribution in [0.25, 0.3) is 11.0 Å². The fourth-order valence-corrected chi connectivity index (χ4v) is 3.02. The highest BCUT2D eigenvalue weighted by molar-refractivity contribution is 5.79. The number of aryl methyl sites for hydroxylation is 2. The van der Waals surface area contributed by atoms with Gasteiger partial charge in [0.25, 0.3) is 0 Å². The van der Waals surface area contributed by atoms with Crippen molar-refractivity contribution in [3.8, 4) is 0 Å². The van der Waals surface area contributed by atoms with E-state index in [1.54, 1.807) is 4.68 Å². The fourth-order valence-electron chi connectivity index (χ4n) is 3.02. The molecule has 4 rings (SSSR count). The number of rotatable bonds is 3. The Bertz CT molecular complexity index is 866. The average Bonchev–Trinajstić information content (AvgIpc) is 3.12. The van der Waals surface area contributed by atoms with E-state index in [2.05, 4.69) is 30.4 Å². The highest BCUT2D eigenvalue weighted by Crippen LogP contribution is 2.15. The summed E-state index contributed by atoms with van der Waals surface area (Å²) in [4.78, 5) is 12.3. The van der Waals surface area contributed by atoms with Crippen molar-refractivity contribution in [2.75, 3.05) is 0 Å². The molecule has 1 amide bonds. The lowest BCUT2D eigenvalue weighted by Crippen LogP contribution is -2.42. The lowest BCUT2D eigenvalue weighted by atomic mass is 10.1. The van der Waals surface area contributed by atoms with E-state index in [-0.39, 0.29) is 18.5 Å². The maximum atomic E-state index is 12.3. The molecule has 8 heteroatoms. The van der Waals surface area contributed by atoms with Gasteiger partial charge in [-0.05, 0) is 25.5 Å². The zero-order valence-corrected chi connectivity index (χ0v) is 12.8. The first-order valence-electron chi connectivity index (χ1n) is 7.67. The molecule has 0 radical (unpaired) electrons. The van der Waals surface area contributed by atoms with Crippen molar-refractivity contribution in [3.05, 3.63) is 35.9 Å². The second kappa shape index (κ2) is 5.45. The molecule has 3 aromatic rings. The van der Waals surface area contributed by atoms with E-state index in [4.69, 9.17) is 0 Å². The van der Waals surface area contributed by atoms with Gasteiger partial charge in [0, 0.05) is 19.0 Å². The van der Waals surface area contributed by atoms with Crippen molar-refractivity contribution in [2.24, 2.45) is 0 Å². The SMILES string of the molecule is Cc1nnc2n1C[C@H](NC(=O)Cn1nnc3ccccc31)CC2. The van der Waals surface area contributed by atoms with Crippen molar-refractivity contribution in [1.82, 2.24) is 35.1 Å². The van der Waals surface area contributed by atoms with Crippen molar-refractivity contribution in [2.45, 2.75) is 38.9 Å². The lowest BCUT2D eigenvalue weighted by Gasteiger charge is -2.24. The Balaban J connectivity index is 1.44. The third-order valence-corrected chi connectivity index (χ3v) is 4.21. The van der Waals surface area contributed by atoms with Gasteiger partial charge >= 0.3 is 0 Å². The highest BCUT2D eigenvalue weighted by Gasteiger charge is 2.23. The van der Waals surface area contributed by atoms with Crippen LogP contribution in [-0.4, -0.2) is 41.7 Å². The van der Waals surface area contributed by atoms with Crippen LogP contribution in [0.1, 0.15) is 18.1 Å². The summed E-state index contributed by atoms with van der Waals surface area (Å²) in [6.07, 6.45) is 1.71. The Morgan fingerprint density at radius 1 is 1.30 bits per heavy atom. The largest absolute Gasteiger partial charge is 0.350 e. The second-order valence-corrected chi connectivity index (χ2v) is 5.81. The van der Waals surface area contributed by atoms with Gasteiger partial charge in [0.15, 0.2) is 0 Å². The number of amides is 1. The number of carbonyl (C=O) groups is 1. The van der Waals surface area contributed by atoms with Crippen LogP contribution in [0.15, 0.2) is 24.3 Å². The number of carbonyl (C=O) groups excluding carboxylic acids is 1. The number of aromatic nitrogens is 6. The molecule has 0 saturated heterocycles. The van der Waals surface area contributed by atoms with Crippen molar-refractivity contribution in [1.29, 1.82) is 0 Å². The van der Waals surface area contributed by atoms with Crippen LogP contribution in [0.3, 0.4) is 0 Å². The average molecular weight is 311 g/mol. The Morgan fingerprint density at radius 2 is 2.17 bits per heavy atom. The van der Waals surface area contributed by atoms with Crippen LogP contribution < -0.4 is 5.32 Å². The summed E-state index contributed by atoms with van der Waals surface area (Å²) in [6.45, 7) is 2.82. The monoisotopic (exact) mass is 311 g/mol. The molecule has 0 spiro atoms. The maximum absolute atomic E-state index is 12.3. The number of hydrogen-bond acceptors (Lipinski definition) is 5. The van der Waals surface area contributed by atoms with E-state index < -0.39 is 0 Å². The molecule has 0 unspecified atom stereocenters. The molecule has 8 nitrogen and oxygen atoms in total. The topological polar surface area (TPSA) is 90.5 Å². The molecule has 23 heavy (non-hydrogen) atoms. The van der Waals surface area contributed by atoms with E-state index in [1.165, 1.54) is 0 Å². The van der Waals surface area contributed by atoms with Crippen LogP contribution in [0.2, 0.25) is 0 Å². The molecule has 2 aromatic heterocycles. The van der Waals surface area contributed by atoms with Crippen LogP contribution in [-0.2, 0) is 24.3 Å². The van der Waals surface area contributed by atoms with Crippen molar-refractivity contribution >= 4 is 16.9 Å². The summed E-state index contributed by atoms with van der Waals surface area (Å²) in [5.41, 5.74) is 1.66. The molecule has 3 heterocycles. The number of benzene rings is 1. The standard InChI is InChI=1S/C15H17N7O/c1-10-17-19-14-7-6-11(8-21(10)14)16-15(23)9-22-13-5-3-2-4-12(13)18-20-22/h2-5,11H,6-9H2,1H3,(H,16,23)/t11-/m1/s1. The molecular formula is C15H17N7O. The number of nitrogens with one attached hydrogen (secondary N) is 1. The zero-order chi connectivity index (χ0) is 15.8. The molecule has 1 aromatic carbocycles. The van der Waals surface area contributed by atoms with Gasteiger partial charge in [-0.25, -0.2) is 4.68 Å². The van der Waals surface area contributed by atoms with E-state index in [0.717, 1.165) is 42.1 Å². The van der Waals surface area contributed by atoms with Crippen molar-refractivity contribution in [3.63, 3.8) is 0 Å². The summed E-state index contributed by atoms with van der Waals surface area (Å²) < 4.78 is 3.70. The first kappa shape index (κ1) is 13.9. The van der Waals surface area contributed by atoms with Gasteiger partial charge in [-0.15, -0.1) is 15.3 Å². The molecular weight excluding hydrogens is 294 g/mol. The van der Waals surface area contributed by atoms with Crippen molar-refractivity contribution < 1.29 is 4.79 Å². The minimum atomic E-state index is -0.0557. The predicted octanol–water partition coefficient (Wildman–Crippen LogP) is 0.462. The highest BCUT2D eigenvalue weighted by atomic mass is 16.2. The summed E-state index contributed by atoms with van der Waals surface area (Å²) >= 11 is 0. The Hall–Kier alpha value is -2.77. The molecule has 0 bridgehead atoms. The van der Waals surface area contributed by atoms with Gasteiger partial charge < -0.3 is 9.88 Å². The fraction of sp³-hybridized carbons (Fsp3) is 0.400. The Labute approximate surface area is 132 Å². The maximum Gasteiger partial charge on any atom is 0.242 e. The number of fused-ring (bicyclic) bond motifs is 2. The minimum absolute atomic E-state index is 0.0557. The number of nitrogens with zero attached hydrogens (tertiary/aromatic N) is 6. The smallest absolute Gasteiger partial charge is 0.242 e. The van der Waals surface area contributed by atoms with Gasteiger partial charge in [0.05, 0.1) is 5.52 Å². The molecule has 1 atom stereocenters. The van der Waals surface area contributed by atoms with E-state index >= 15 is 0 Å². The normalized spacial score (nSPS) is 17.2. The second-order valence-electron chi connectivity index (χ2n) is 5.81. The van der Waals surface area contributed by atoms with Gasteiger partial charge in [-0.3, -0.25) is 4.79 Å². The lowest BCUT2D eigenvalue weighted by molar-refractivity contribution is -0.122. The summed E-state index contributed by atoms with van der Waals surface area (Å²) in [5, 5.41) is 19.4. The molecule has 1 aliphatic heterocycles. The number of hydrogen-bond donors (Lipinski definition) is 1. The molecule has 1 N–H and O–H groups in total. The van der Waals surface area contributed by atoms with Gasteiger partial charge in [-0.1, -0.05) is 17.3 Å². The Morgan fingerprint density at radius 3 is 3.09 bits per heavy atom. The van der Waals surface area contributed by atoms with Gasteiger partial charge in [0.1, 0.15) is 23.7 Å². The number of para-hydroxylation sites is 1.